The summed E-state index contributed by atoms with van der Waals surface area (Å²) < 4.78 is 35.3. The molecule has 0 spiro atoms. The first kappa shape index (κ1) is 71.2. The summed E-state index contributed by atoms with van der Waals surface area (Å²) in [5, 5.41) is 0. The highest BCUT2D eigenvalue weighted by molar-refractivity contribution is 5.70. The average molecular weight is 1080 g/mol. The van der Waals surface area contributed by atoms with Crippen LogP contribution in [0.2, 0.25) is 0 Å². The fourth-order valence-electron chi connectivity index (χ4n) is 10.2. The van der Waals surface area contributed by atoms with Crippen LogP contribution in [0.3, 0.4) is 0 Å². The van der Waals surface area contributed by atoms with Gasteiger partial charge in [-0.3, -0.25) is 14.4 Å². The molecule has 76 heavy (non-hydrogen) atoms. The van der Waals surface area contributed by atoms with Crippen LogP contribution in [0.15, 0.2) is 12.3 Å². The molecule has 1 heterocycles. The fraction of sp³-hybridized carbons (Fsp3) is 0.908. The molecule has 11 heteroatoms. The standard InChI is InChI=1S/C65H121NO10/c1-7-12-16-20-24-33-44-59(45-34-25-21-17-13-8-2)75-62(68)49-38-29-28-32-43-58(6)72-55-65(11-5,57-74-64(70)71-54-42-53-66-51-40-41-52-66)56-73-61(67)48-37-30-31-39-50-63(69)76-60(46-35-26-22-18-14-9-3)47-36-27-23-19-15-10-4/h59-60H,6-57H2,1-5H3. The summed E-state index contributed by atoms with van der Waals surface area (Å²) in [7, 11) is 0. The Hall–Kier alpha value is -2.82. The summed E-state index contributed by atoms with van der Waals surface area (Å²) in [6.07, 6.45) is 45.2. The predicted octanol–water partition coefficient (Wildman–Crippen LogP) is 18.6. The molecule has 0 saturated carbocycles. The molecule has 0 aromatic carbocycles. The molecule has 1 unspecified atom stereocenters. The highest BCUT2D eigenvalue weighted by atomic mass is 16.7. The molecule has 0 N–H and O–H groups in total. The summed E-state index contributed by atoms with van der Waals surface area (Å²) in [6, 6.07) is 0. The van der Waals surface area contributed by atoms with E-state index in [9.17, 15) is 19.2 Å². The van der Waals surface area contributed by atoms with Crippen LogP contribution in [0.1, 0.15) is 317 Å². The maximum atomic E-state index is 13.1. The second-order valence-corrected chi connectivity index (χ2v) is 22.9. The Morgan fingerprint density at radius 3 is 1.18 bits per heavy atom. The third kappa shape index (κ3) is 43.1. The molecule has 0 aliphatic carbocycles. The van der Waals surface area contributed by atoms with Gasteiger partial charge in [-0.05, 0) is 116 Å². The highest BCUT2D eigenvalue weighted by Crippen LogP contribution is 2.27. The van der Waals surface area contributed by atoms with E-state index in [0.717, 1.165) is 122 Å². The quantitative estimate of drug-likeness (QED) is 0.0250. The molecular formula is C65H121NO10. The summed E-state index contributed by atoms with van der Waals surface area (Å²) in [5.41, 5.74) is -0.780. The van der Waals surface area contributed by atoms with Crippen molar-refractivity contribution in [3.63, 3.8) is 0 Å². The van der Waals surface area contributed by atoms with Crippen molar-refractivity contribution in [2.75, 3.05) is 46.1 Å². The zero-order valence-corrected chi connectivity index (χ0v) is 50.5. The first-order valence-electron chi connectivity index (χ1n) is 32.5. The van der Waals surface area contributed by atoms with Crippen molar-refractivity contribution in [1.29, 1.82) is 0 Å². The smallest absolute Gasteiger partial charge is 0.498 e. The minimum Gasteiger partial charge on any atom is -0.498 e. The van der Waals surface area contributed by atoms with Crippen molar-refractivity contribution in [1.82, 2.24) is 4.90 Å². The van der Waals surface area contributed by atoms with Gasteiger partial charge in [0.1, 0.15) is 25.4 Å². The number of hydrogen-bond donors (Lipinski definition) is 0. The molecule has 0 amide bonds. The Morgan fingerprint density at radius 1 is 0.408 bits per heavy atom. The molecule has 1 aliphatic rings. The molecule has 1 saturated heterocycles. The van der Waals surface area contributed by atoms with Crippen molar-refractivity contribution in [2.45, 2.75) is 329 Å². The first-order valence-corrected chi connectivity index (χ1v) is 32.5. The number of rotatable bonds is 56. The lowest BCUT2D eigenvalue weighted by Crippen LogP contribution is -2.38. The van der Waals surface area contributed by atoms with E-state index in [1.54, 1.807) is 0 Å². The highest BCUT2D eigenvalue weighted by Gasteiger charge is 2.34. The topological polar surface area (TPSA) is 127 Å². The maximum Gasteiger partial charge on any atom is 0.508 e. The van der Waals surface area contributed by atoms with Crippen LogP contribution in [-0.2, 0) is 42.8 Å². The van der Waals surface area contributed by atoms with Gasteiger partial charge in [0.2, 0.25) is 0 Å². The molecule has 446 valence electrons. The zero-order chi connectivity index (χ0) is 55.4. The van der Waals surface area contributed by atoms with Gasteiger partial charge in [-0.1, -0.05) is 195 Å². The van der Waals surface area contributed by atoms with E-state index in [2.05, 4.69) is 39.2 Å². The maximum absolute atomic E-state index is 13.1. The first-order chi connectivity index (χ1) is 37.1. The van der Waals surface area contributed by atoms with Crippen LogP contribution in [0.4, 0.5) is 4.79 Å². The van der Waals surface area contributed by atoms with Crippen LogP contribution in [-0.4, -0.2) is 87.2 Å². The lowest BCUT2D eigenvalue weighted by atomic mass is 9.88. The Morgan fingerprint density at radius 2 is 0.763 bits per heavy atom. The van der Waals surface area contributed by atoms with E-state index in [4.69, 9.17) is 28.4 Å². The minimum atomic E-state index is -0.780. The van der Waals surface area contributed by atoms with Gasteiger partial charge in [-0.25, -0.2) is 4.79 Å². The molecular weight excluding hydrogens is 955 g/mol. The van der Waals surface area contributed by atoms with Crippen LogP contribution in [0.5, 0.6) is 0 Å². The van der Waals surface area contributed by atoms with Crippen molar-refractivity contribution >= 4 is 24.1 Å². The number of carbonyl (C=O) groups is 4. The van der Waals surface area contributed by atoms with Crippen LogP contribution in [0.25, 0.3) is 0 Å². The molecule has 0 aromatic rings. The second-order valence-electron chi connectivity index (χ2n) is 22.9. The molecule has 1 rings (SSSR count). The van der Waals surface area contributed by atoms with Crippen molar-refractivity contribution in [3.05, 3.63) is 12.3 Å². The zero-order valence-electron chi connectivity index (χ0n) is 50.5. The summed E-state index contributed by atoms with van der Waals surface area (Å²) >= 11 is 0. The molecule has 0 radical (unpaired) electrons. The number of likely N-dealkylation sites (tertiary alicyclic amines) is 1. The lowest BCUT2D eigenvalue weighted by Gasteiger charge is -2.31. The van der Waals surface area contributed by atoms with Crippen molar-refractivity contribution < 1.29 is 47.6 Å². The average Bonchev–Trinajstić information content (AvgIpc) is 3.95. The number of hydrogen-bond acceptors (Lipinski definition) is 11. The van der Waals surface area contributed by atoms with Crippen LogP contribution >= 0.6 is 0 Å². The van der Waals surface area contributed by atoms with E-state index in [1.807, 2.05) is 6.92 Å². The molecule has 11 nitrogen and oxygen atoms in total. The third-order valence-corrected chi connectivity index (χ3v) is 15.6. The van der Waals surface area contributed by atoms with E-state index in [0.29, 0.717) is 37.9 Å². The van der Waals surface area contributed by atoms with E-state index in [-0.39, 0.29) is 63.0 Å². The minimum absolute atomic E-state index is 0.0151. The summed E-state index contributed by atoms with van der Waals surface area (Å²) in [6.45, 7) is 18.7. The van der Waals surface area contributed by atoms with E-state index < -0.39 is 11.6 Å². The lowest BCUT2D eigenvalue weighted by molar-refractivity contribution is -0.151. The number of nitrogens with zero attached hydrogens (tertiary/aromatic N) is 1. The fourth-order valence-corrected chi connectivity index (χ4v) is 10.2. The Kier molecular flexibility index (Phi) is 48.3. The summed E-state index contributed by atoms with van der Waals surface area (Å²) in [5.74, 6) is 0.178. The van der Waals surface area contributed by atoms with Gasteiger partial charge < -0.3 is 33.3 Å². The van der Waals surface area contributed by atoms with Crippen molar-refractivity contribution in [3.8, 4) is 0 Å². The molecule has 1 aliphatic heterocycles. The van der Waals surface area contributed by atoms with Gasteiger partial charge >= 0.3 is 24.1 Å². The number of carbonyl (C=O) groups excluding carboxylic acids is 4. The largest absolute Gasteiger partial charge is 0.508 e. The number of unbranched alkanes of at least 4 members (excludes halogenated alkanes) is 26. The van der Waals surface area contributed by atoms with Gasteiger partial charge in [0.25, 0.3) is 0 Å². The van der Waals surface area contributed by atoms with Gasteiger partial charge in [-0.2, -0.15) is 0 Å². The molecule has 0 bridgehead atoms. The summed E-state index contributed by atoms with van der Waals surface area (Å²) in [4.78, 5) is 54.1. The van der Waals surface area contributed by atoms with E-state index in [1.165, 1.54) is 141 Å². The molecule has 0 aromatic heterocycles. The Bertz CT molecular complexity index is 1270. The third-order valence-electron chi connectivity index (χ3n) is 15.6. The SMILES string of the molecule is C=C(CCCCCCC(=O)OC(CCCCCCCC)CCCCCCCC)OCC(CC)(COC(=O)CCCCCCC(=O)OC(CCCCCCCC)CCCCCCCC)COC(=O)OCCCN1CCCC1. The molecule has 1 fully saturated rings. The van der Waals surface area contributed by atoms with Crippen molar-refractivity contribution in [2.24, 2.45) is 5.41 Å². The van der Waals surface area contributed by atoms with Gasteiger partial charge in [0, 0.05) is 32.2 Å². The normalized spacial score (nSPS) is 13.5. The number of esters is 3. The predicted molar refractivity (Wildman–Crippen MR) is 314 cm³/mol. The van der Waals surface area contributed by atoms with Gasteiger partial charge in [0.05, 0.1) is 24.4 Å². The van der Waals surface area contributed by atoms with Gasteiger partial charge in [-0.15, -0.1) is 0 Å². The molecule has 1 atom stereocenters. The number of ether oxygens (including phenoxy) is 6. The second kappa shape index (κ2) is 51.6. The Balaban J connectivity index is 2.60. The number of allylic oxidation sites excluding steroid dienone is 1. The van der Waals surface area contributed by atoms with E-state index >= 15 is 0 Å². The van der Waals surface area contributed by atoms with Crippen LogP contribution < -0.4 is 0 Å². The Labute approximate surface area is 467 Å². The van der Waals surface area contributed by atoms with Gasteiger partial charge in [0.15, 0.2) is 0 Å². The van der Waals surface area contributed by atoms with Crippen LogP contribution in [0, 0.1) is 5.41 Å². The monoisotopic (exact) mass is 1080 g/mol.